The summed E-state index contributed by atoms with van der Waals surface area (Å²) in [6.07, 6.45) is 0. The topological polar surface area (TPSA) is 81.3 Å². The van der Waals surface area contributed by atoms with Crippen LogP contribution in [0.4, 0.5) is 0 Å². The highest BCUT2D eigenvalue weighted by Gasteiger charge is 2.17. The number of aromatic nitrogens is 2. The molecular formula is C18H23N5O2. The van der Waals surface area contributed by atoms with Gasteiger partial charge in [-0.05, 0) is 11.6 Å². The molecule has 2 N–H and O–H groups in total. The lowest BCUT2D eigenvalue weighted by atomic mass is 10.2. The smallest absolute Gasteiger partial charge is 0.271 e. The van der Waals surface area contributed by atoms with Crippen molar-refractivity contribution in [1.82, 2.24) is 25.3 Å². The van der Waals surface area contributed by atoms with Gasteiger partial charge in [-0.1, -0.05) is 30.3 Å². The maximum atomic E-state index is 11.9. The molecule has 1 saturated heterocycles. The monoisotopic (exact) mass is 341 g/mol. The van der Waals surface area contributed by atoms with Crippen molar-refractivity contribution in [2.75, 3.05) is 39.3 Å². The largest absolute Gasteiger partial charge is 0.349 e. The molecule has 1 fully saturated rings. The van der Waals surface area contributed by atoms with Crippen molar-refractivity contribution >= 4 is 5.91 Å². The molecule has 2 heterocycles. The summed E-state index contributed by atoms with van der Waals surface area (Å²) in [5.74, 6) is -0.265. The van der Waals surface area contributed by atoms with Gasteiger partial charge in [0, 0.05) is 51.9 Å². The Morgan fingerprint density at radius 1 is 1.04 bits per heavy atom. The molecule has 0 atom stereocenters. The molecule has 25 heavy (non-hydrogen) atoms. The summed E-state index contributed by atoms with van der Waals surface area (Å²) in [5.41, 5.74) is 1.26. The molecule has 1 aromatic carbocycles. The Hall–Kier alpha value is -2.51. The number of carbonyl (C=O) groups excluding carboxylic acids is 1. The number of carbonyl (C=O) groups is 1. The van der Waals surface area contributed by atoms with Crippen molar-refractivity contribution in [3.8, 4) is 0 Å². The van der Waals surface area contributed by atoms with Gasteiger partial charge in [0.1, 0.15) is 5.69 Å². The third-order valence-corrected chi connectivity index (χ3v) is 4.34. The van der Waals surface area contributed by atoms with Gasteiger partial charge in [-0.15, -0.1) is 0 Å². The highest BCUT2D eigenvalue weighted by molar-refractivity contribution is 5.91. The number of nitrogens with zero attached hydrogens (tertiary/aromatic N) is 3. The van der Waals surface area contributed by atoms with Gasteiger partial charge >= 0.3 is 0 Å². The van der Waals surface area contributed by atoms with Crippen LogP contribution in [0.2, 0.25) is 0 Å². The summed E-state index contributed by atoms with van der Waals surface area (Å²) in [6, 6.07) is 13.2. The van der Waals surface area contributed by atoms with E-state index in [0.29, 0.717) is 6.54 Å². The second-order valence-electron chi connectivity index (χ2n) is 6.17. The normalized spacial score (nSPS) is 15.8. The first-order valence-electron chi connectivity index (χ1n) is 8.53. The van der Waals surface area contributed by atoms with E-state index in [1.54, 1.807) is 0 Å². The molecule has 7 nitrogen and oxygen atoms in total. The van der Waals surface area contributed by atoms with E-state index in [0.717, 1.165) is 39.3 Å². The highest BCUT2D eigenvalue weighted by atomic mass is 16.2. The second-order valence-corrected chi connectivity index (χ2v) is 6.17. The Kier molecular flexibility index (Phi) is 5.92. The van der Waals surface area contributed by atoms with Crippen LogP contribution in [0.1, 0.15) is 16.1 Å². The zero-order valence-corrected chi connectivity index (χ0v) is 14.1. The molecule has 7 heteroatoms. The SMILES string of the molecule is O=C(NCCN1CCN(Cc2ccccc2)CC1)c1ccc(=O)[nH]n1. The van der Waals surface area contributed by atoms with Crippen LogP contribution in [0.25, 0.3) is 0 Å². The first-order valence-corrected chi connectivity index (χ1v) is 8.53. The third-order valence-electron chi connectivity index (χ3n) is 4.34. The Bertz CT molecular complexity index is 718. The van der Waals surface area contributed by atoms with Crippen LogP contribution in [0.15, 0.2) is 47.3 Å². The molecule has 1 amide bonds. The minimum Gasteiger partial charge on any atom is -0.349 e. The molecule has 0 aliphatic carbocycles. The zero-order chi connectivity index (χ0) is 17.5. The first-order chi connectivity index (χ1) is 12.2. The number of hydrogen-bond donors (Lipinski definition) is 2. The lowest BCUT2D eigenvalue weighted by molar-refractivity contribution is 0.0928. The van der Waals surface area contributed by atoms with E-state index in [9.17, 15) is 9.59 Å². The fourth-order valence-corrected chi connectivity index (χ4v) is 2.90. The van der Waals surface area contributed by atoms with Crippen molar-refractivity contribution in [2.45, 2.75) is 6.54 Å². The summed E-state index contributed by atoms with van der Waals surface area (Å²) in [5, 5.41) is 8.82. The van der Waals surface area contributed by atoms with E-state index in [1.807, 2.05) is 6.07 Å². The number of rotatable bonds is 6. The number of aromatic amines is 1. The minimum atomic E-state index is -0.315. The van der Waals surface area contributed by atoms with Crippen LogP contribution < -0.4 is 10.9 Å². The molecule has 3 rings (SSSR count). The van der Waals surface area contributed by atoms with Gasteiger partial charge in [0.15, 0.2) is 0 Å². The van der Waals surface area contributed by atoms with E-state index < -0.39 is 0 Å². The van der Waals surface area contributed by atoms with Crippen molar-refractivity contribution in [3.05, 3.63) is 64.1 Å². The molecular weight excluding hydrogens is 318 g/mol. The number of hydrogen-bond acceptors (Lipinski definition) is 5. The lowest BCUT2D eigenvalue weighted by Gasteiger charge is -2.34. The van der Waals surface area contributed by atoms with Crippen molar-refractivity contribution in [3.63, 3.8) is 0 Å². The summed E-state index contributed by atoms with van der Waals surface area (Å²) in [6.45, 7) is 6.43. The molecule has 2 aromatic rings. The number of piperazine rings is 1. The number of H-pyrrole nitrogens is 1. The average molecular weight is 341 g/mol. The zero-order valence-electron chi connectivity index (χ0n) is 14.1. The average Bonchev–Trinajstić information content (AvgIpc) is 2.64. The minimum absolute atomic E-state index is 0.229. The number of amides is 1. The third kappa shape index (κ3) is 5.23. The lowest BCUT2D eigenvalue weighted by Crippen LogP contribution is -2.48. The van der Waals surface area contributed by atoms with Crippen LogP contribution in [-0.4, -0.2) is 65.2 Å². The Labute approximate surface area is 146 Å². The quantitative estimate of drug-likeness (QED) is 0.791. The van der Waals surface area contributed by atoms with E-state index >= 15 is 0 Å². The standard InChI is InChI=1S/C18H23N5O2/c24-17-7-6-16(20-21-17)18(25)19-8-9-22-10-12-23(13-11-22)14-15-4-2-1-3-5-15/h1-7H,8-14H2,(H,19,25)(H,21,24). The van der Waals surface area contributed by atoms with Gasteiger partial charge in [0.25, 0.3) is 11.5 Å². The first kappa shape index (κ1) is 17.3. The summed E-state index contributed by atoms with van der Waals surface area (Å²) >= 11 is 0. The van der Waals surface area contributed by atoms with Crippen LogP contribution in [-0.2, 0) is 6.54 Å². The fraction of sp³-hybridized carbons (Fsp3) is 0.389. The fourth-order valence-electron chi connectivity index (χ4n) is 2.90. The molecule has 1 aliphatic heterocycles. The molecule has 0 spiro atoms. The summed E-state index contributed by atoms with van der Waals surface area (Å²) < 4.78 is 0. The molecule has 0 bridgehead atoms. The Morgan fingerprint density at radius 2 is 1.76 bits per heavy atom. The number of benzene rings is 1. The maximum absolute atomic E-state index is 11.9. The van der Waals surface area contributed by atoms with E-state index in [4.69, 9.17) is 0 Å². The molecule has 0 saturated carbocycles. The second kappa shape index (κ2) is 8.55. The molecule has 1 aromatic heterocycles. The number of nitrogens with one attached hydrogen (secondary N) is 2. The van der Waals surface area contributed by atoms with Gasteiger partial charge in [0.05, 0.1) is 0 Å². The summed E-state index contributed by atoms with van der Waals surface area (Å²) in [4.78, 5) is 27.7. The Balaban J connectivity index is 1.36. The van der Waals surface area contributed by atoms with Gasteiger partial charge < -0.3 is 5.32 Å². The van der Waals surface area contributed by atoms with Crippen molar-refractivity contribution < 1.29 is 4.79 Å². The van der Waals surface area contributed by atoms with E-state index in [2.05, 4.69) is 49.6 Å². The molecule has 132 valence electrons. The van der Waals surface area contributed by atoms with Crippen molar-refractivity contribution in [1.29, 1.82) is 0 Å². The summed E-state index contributed by atoms with van der Waals surface area (Å²) in [7, 11) is 0. The van der Waals surface area contributed by atoms with Gasteiger partial charge in [-0.2, -0.15) is 5.10 Å². The highest BCUT2D eigenvalue weighted by Crippen LogP contribution is 2.07. The molecule has 0 unspecified atom stereocenters. The molecule has 1 aliphatic rings. The van der Waals surface area contributed by atoms with E-state index in [-0.39, 0.29) is 17.2 Å². The van der Waals surface area contributed by atoms with Crippen LogP contribution in [0.5, 0.6) is 0 Å². The Morgan fingerprint density at radius 3 is 2.44 bits per heavy atom. The maximum Gasteiger partial charge on any atom is 0.271 e. The van der Waals surface area contributed by atoms with E-state index in [1.165, 1.54) is 17.7 Å². The van der Waals surface area contributed by atoms with Crippen molar-refractivity contribution in [2.24, 2.45) is 0 Å². The predicted molar refractivity (Wildman–Crippen MR) is 95.3 cm³/mol. The van der Waals surface area contributed by atoms with Crippen LogP contribution in [0, 0.1) is 0 Å². The van der Waals surface area contributed by atoms with Gasteiger partial charge in [0.2, 0.25) is 0 Å². The van der Waals surface area contributed by atoms with Gasteiger partial charge in [-0.3, -0.25) is 19.4 Å². The van der Waals surface area contributed by atoms with Crippen LogP contribution >= 0.6 is 0 Å². The molecule has 0 radical (unpaired) electrons. The van der Waals surface area contributed by atoms with Crippen LogP contribution in [0.3, 0.4) is 0 Å². The predicted octanol–water partition coefficient (Wildman–Crippen LogP) is 0.318. The van der Waals surface area contributed by atoms with Gasteiger partial charge in [-0.25, -0.2) is 5.10 Å².